The zero-order valence-electron chi connectivity index (χ0n) is 14.2. The molecule has 3 N–H and O–H groups in total. The molecule has 134 valence electrons. The Morgan fingerprint density at radius 3 is 2.81 bits per heavy atom. The van der Waals surface area contributed by atoms with Gasteiger partial charge < -0.3 is 9.97 Å². The molecule has 0 saturated heterocycles. The molecule has 0 radical (unpaired) electrons. The number of hydrogen-bond acceptors (Lipinski definition) is 4. The number of hydrogen-bond donors (Lipinski definition) is 3. The third-order valence-electron chi connectivity index (χ3n) is 4.18. The molecule has 0 aliphatic heterocycles. The van der Waals surface area contributed by atoms with Gasteiger partial charge in [-0.2, -0.15) is 0 Å². The summed E-state index contributed by atoms with van der Waals surface area (Å²) in [6, 6.07) is 12.3. The fourth-order valence-corrected chi connectivity index (χ4v) is 3.15. The number of aromatic amines is 2. The second-order valence-corrected chi connectivity index (χ2v) is 6.34. The number of para-hydroxylation sites is 2. The molecule has 0 spiro atoms. The van der Waals surface area contributed by atoms with Crippen molar-refractivity contribution in [2.45, 2.75) is 6.54 Å². The summed E-state index contributed by atoms with van der Waals surface area (Å²) in [5.74, 6) is 0.0150. The van der Waals surface area contributed by atoms with Gasteiger partial charge in [0, 0.05) is 12.1 Å². The molecule has 0 unspecified atom stereocenters. The van der Waals surface area contributed by atoms with Crippen molar-refractivity contribution in [3.8, 4) is 0 Å². The highest BCUT2D eigenvalue weighted by Crippen LogP contribution is 2.16. The molecule has 0 aliphatic carbocycles. The summed E-state index contributed by atoms with van der Waals surface area (Å²) < 4.78 is 1.70. The Morgan fingerprint density at radius 2 is 2.04 bits per heavy atom. The molecule has 8 heteroatoms. The van der Waals surface area contributed by atoms with Crippen molar-refractivity contribution in [3.05, 3.63) is 75.8 Å². The number of aromatic nitrogens is 4. The van der Waals surface area contributed by atoms with Crippen molar-refractivity contribution in [2.24, 2.45) is 0 Å². The van der Waals surface area contributed by atoms with Gasteiger partial charge in [0.05, 0.1) is 21.9 Å². The first-order chi connectivity index (χ1) is 13.1. The number of H-pyrrole nitrogens is 2. The minimum atomic E-state index is -0.342. The number of anilines is 1. The lowest BCUT2D eigenvalue weighted by Gasteiger charge is -2.07. The van der Waals surface area contributed by atoms with Crippen LogP contribution in [0.1, 0.15) is 10.4 Å². The maximum absolute atomic E-state index is 12.6. The monoisotopic (exact) mass is 377 g/mol. The highest BCUT2D eigenvalue weighted by Gasteiger charge is 2.12. The van der Waals surface area contributed by atoms with Crippen molar-refractivity contribution in [2.75, 3.05) is 5.32 Å². The number of imidazole rings is 1. The Hall–Kier alpha value is -3.52. The number of nitrogens with zero attached hydrogens (tertiary/aromatic N) is 2. The normalized spacial score (nSPS) is 11.0. The maximum Gasteiger partial charge on any atom is 0.262 e. The van der Waals surface area contributed by atoms with Crippen LogP contribution < -0.4 is 10.9 Å². The Balaban J connectivity index is 1.69. The lowest BCUT2D eigenvalue weighted by atomic mass is 10.1. The van der Waals surface area contributed by atoms with Gasteiger partial charge in [0.25, 0.3) is 11.5 Å². The molecule has 2 aromatic carbocycles. The van der Waals surface area contributed by atoms with Gasteiger partial charge in [0.1, 0.15) is 0 Å². The molecule has 2 aromatic heterocycles. The van der Waals surface area contributed by atoms with E-state index < -0.39 is 0 Å². The van der Waals surface area contributed by atoms with E-state index in [9.17, 15) is 9.59 Å². The van der Waals surface area contributed by atoms with Gasteiger partial charge in [-0.3, -0.25) is 19.5 Å². The molecule has 0 atom stereocenters. The zero-order valence-corrected chi connectivity index (χ0v) is 15.0. The first-order valence-electron chi connectivity index (χ1n) is 8.20. The van der Waals surface area contributed by atoms with E-state index in [1.54, 1.807) is 24.3 Å². The summed E-state index contributed by atoms with van der Waals surface area (Å²) in [5, 5.41) is 3.18. The summed E-state index contributed by atoms with van der Waals surface area (Å²) in [5.41, 5.74) is 2.26. The van der Waals surface area contributed by atoms with E-state index in [2.05, 4.69) is 26.8 Å². The second kappa shape index (κ2) is 6.65. The third kappa shape index (κ3) is 3.06. The van der Waals surface area contributed by atoms with Crippen molar-refractivity contribution in [3.63, 3.8) is 0 Å². The van der Waals surface area contributed by atoms with Gasteiger partial charge in [0.2, 0.25) is 5.95 Å². The number of amides is 1. The highest BCUT2D eigenvalue weighted by molar-refractivity contribution is 7.71. The van der Waals surface area contributed by atoms with E-state index in [-0.39, 0.29) is 16.2 Å². The number of benzene rings is 2. The van der Waals surface area contributed by atoms with Crippen LogP contribution in [-0.2, 0) is 6.54 Å². The number of rotatable bonds is 4. The van der Waals surface area contributed by atoms with Crippen LogP contribution in [0.25, 0.3) is 21.9 Å². The summed E-state index contributed by atoms with van der Waals surface area (Å²) in [6.45, 7) is 3.95. The van der Waals surface area contributed by atoms with Crippen molar-refractivity contribution in [1.82, 2.24) is 19.5 Å². The van der Waals surface area contributed by atoms with E-state index in [0.717, 1.165) is 11.0 Å². The SMILES string of the molecule is C=CCn1c(=S)[nH]c2cc(C(=O)Nc3nc4ccccc4[nH]3)ccc2c1=O. The molecular weight excluding hydrogens is 362 g/mol. The number of carbonyl (C=O) groups is 1. The minimum Gasteiger partial charge on any atom is -0.332 e. The van der Waals surface area contributed by atoms with Crippen LogP contribution in [0.15, 0.2) is 59.9 Å². The van der Waals surface area contributed by atoms with Crippen LogP contribution >= 0.6 is 12.2 Å². The molecule has 0 saturated carbocycles. The lowest BCUT2D eigenvalue weighted by Crippen LogP contribution is -2.22. The van der Waals surface area contributed by atoms with E-state index in [4.69, 9.17) is 12.2 Å². The first-order valence-corrected chi connectivity index (χ1v) is 8.61. The van der Waals surface area contributed by atoms with Crippen LogP contribution in [-0.4, -0.2) is 25.4 Å². The predicted molar refractivity (Wildman–Crippen MR) is 108 cm³/mol. The molecule has 2 heterocycles. The fourth-order valence-electron chi connectivity index (χ4n) is 2.88. The lowest BCUT2D eigenvalue weighted by molar-refractivity contribution is 0.102. The second-order valence-electron chi connectivity index (χ2n) is 5.95. The Bertz CT molecular complexity index is 1280. The van der Waals surface area contributed by atoms with Gasteiger partial charge in [-0.05, 0) is 42.5 Å². The van der Waals surface area contributed by atoms with Crippen molar-refractivity contribution >= 4 is 46.0 Å². The van der Waals surface area contributed by atoms with Crippen LogP contribution in [0, 0.1) is 4.77 Å². The number of allylic oxidation sites excluding steroid dienone is 1. The van der Waals surface area contributed by atoms with Crippen LogP contribution in [0.4, 0.5) is 5.95 Å². The van der Waals surface area contributed by atoms with Crippen LogP contribution in [0.5, 0.6) is 0 Å². The van der Waals surface area contributed by atoms with Gasteiger partial charge in [-0.25, -0.2) is 4.98 Å². The topological polar surface area (TPSA) is 95.6 Å². The Kier molecular flexibility index (Phi) is 4.17. The quantitative estimate of drug-likeness (QED) is 0.375. The van der Waals surface area contributed by atoms with Gasteiger partial charge in [-0.1, -0.05) is 18.2 Å². The van der Waals surface area contributed by atoms with Crippen molar-refractivity contribution < 1.29 is 4.79 Å². The Morgan fingerprint density at radius 1 is 1.22 bits per heavy atom. The predicted octanol–water partition coefficient (Wildman–Crippen LogP) is 3.37. The van der Waals surface area contributed by atoms with E-state index in [1.165, 1.54) is 4.57 Å². The minimum absolute atomic E-state index is 0.224. The zero-order chi connectivity index (χ0) is 19.0. The number of nitrogens with one attached hydrogen (secondary N) is 3. The average molecular weight is 377 g/mol. The number of carbonyl (C=O) groups excluding carboxylic acids is 1. The molecule has 1 amide bonds. The first kappa shape index (κ1) is 16.9. The molecule has 27 heavy (non-hydrogen) atoms. The summed E-state index contributed by atoms with van der Waals surface area (Å²) in [6.07, 6.45) is 1.60. The third-order valence-corrected chi connectivity index (χ3v) is 4.50. The van der Waals surface area contributed by atoms with Gasteiger partial charge >= 0.3 is 0 Å². The summed E-state index contributed by atoms with van der Waals surface area (Å²) in [7, 11) is 0. The van der Waals surface area contributed by atoms with E-state index in [1.807, 2.05) is 24.3 Å². The van der Waals surface area contributed by atoms with E-state index >= 15 is 0 Å². The van der Waals surface area contributed by atoms with E-state index in [0.29, 0.717) is 29.0 Å². The largest absolute Gasteiger partial charge is 0.332 e. The summed E-state index contributed by atoms with van der Waals surface area (Å²) in [4.78, 5) is 35.5. The van der Waals surface area contributed by atoms with Gasteiger partial charge in [-0.15, -0.1) is 6.58 Å². The van der Waals surface area contributed by atoms with Crippen LogP contribution in [0.3, 0.4) is 0 Å². The summed E-state index contributed by atoms with van der Waals surface area (Å²) >= 11 is 5.23. The highest BCUT2D eigenvalue weighted by atomic mass is 32.1. The average Bonchev–Trinajstić information content (AvgIpc) is 3.07. The molecular formula is C19H15N5O2S. The molecule has 0 fully saturated rings. The maximum atomic E-state index is 12.6. The van der Waals surface area contributed by atoms with Crippen molar-refractivity contribution in [1.29, 1.82) is 0 Å². The standard InChI is InChI=1S/C19H15N5O2S/c1-2-9-24-17(26)12-8-7-11(10-15(12)22-19(24)27)16(25)23-18-20-13-5-3-4-6-14(13)21-18/h2-8,10H,1,9H2,(H,22,27)(H2,20,21,23,25). The molecule has 0 bridgehead atoms. The van der Waals surface area contributed by atoms with Crippen LogP contribution in [0.2, 0.25) is 0 Å². The fraction of sp³-hybridized carbons (Fsp3) is 0.0526. The smallest absolute Gasteiger partial charge is 0.262 e. The molecule has 0 aliphatic rings. The number of fused-ring (bicyclic) bond motifs is 2. The molecule has 7 nitrogen and oxygen atoms in total. The Labute approximate surface area is 158 Å². The molecule has 4 aromatic rings. The van der Waals surface area contributed by atoms with Gasteiger partial charge in [0.15, 0.2) is 4.77 Å². The molecule has 4 rings (SSSR count).